The van der Waals surface area contributed by atoms with Crippen molar-refractivity contribution in [2.24, 2.45) is 0 Å². The molecule has 0 N–H and O–H groups in total. The summed E-state index contributed by atoms with van der Waals surface area (Å²) in [5.41, 5.74) is 1.82. The number of nitrogens with zero attached hydrogens (tertiary/aromatic N) is 1. The number of benzene rings is 1. The number of hydrogen-bond acceptors (Lipinski definition) is 2. The Morgan fingerprint density at radius 3 is 2.53 bits per heavy atom. The Labute approximate surface area is 87.4 Å². The lowest BCUT2D eigenvalue weighted by atomic mass is 10.1. The second kappa shape index (κ2) is 4.09. The summed E-state index contributed by atoms with van der Waals surface area (Å²) in [5.74, 6) is 0.228. The van der Waals surface area contributed by atoms with E-state index in [1.807, 2.05) is 12.1 Å². The third-order valence-electron chi connectivity index (χ3n) is 2.15. The Morgan fingerprint density at radius 2 is 1.87 bits per heavy atom. The van der Waals surface area contributed by atoms with Gasteiger partial charge >= 0.3 is 0 Å². The second-order valence-electron chi connectivity index (χ2n) is 3.08. The van der Waals surface area contributed by atoms with Crippen LogP contribution in [0.3, 0.4) is 0 Å². The van der Waals surface area contributed by atoms with Gasteiger partial charge in [0.25, 0.3) is 0 Å². The topological polar surface area (TPSA) is 22.1 Å². The zero-order valence-electron chi connectivity index (χ0n) is 8.27. The average molecular weight is 203 g/mol. The zero-order chi connectivity index (χ0) is 10.7. The number of pyridine rings is 1. The van der Waals surface area contributed by atoms with E-state index in [0.717, 1.165) is 11.1 Å². The van der Waals surface area contributed by atoms with Crippen molar-refractivity contribution in [3.8, 4) is 16.9 Å². The molecule has 0 fully saturated rings. The first-order chi connectivity index (χ1) is 7.31. The first-order valence-electron chi connectivity index (χ1n) is 4.55. The highest BCUT2D eigenvalue weighted by molar-refractivity contribution is 5.69. The van der Waals surface area contributed by atoms with Gasteiger partial charge in [0.05, 0.1) is 7.11 Å². The summed E-state index contributed by atoms with van der Waals surface area (Å²) in [7, 11) is 1.53. The molecule has 0 aliphatic heterocycles. The quantitative estimate of drug-likeness (QED) is 0.748. The molecule has 0 aliphatic rings. The molecule has 2 nitrogen and oxygen atoms in total. The molecule has 1 aromatic heterocycles. The fourth-order valence-corrected chi connectivity index (χ4v) is 1.44. The molecule has 0 radical (unpaired) electrons. The van der Waals surface area contributed by atoms with E-state index in [9.17, 15) is 4.39 Å². The van der Waals surface area contributed by atoms with Crippen LogP contribution in [0.5, 0.6) is 5.75 Å². The van der Waals surface area contributed by atoms with E-state index >= 15 is 0 Å². The molecule has 76 valence electrons. The Morgan fingerprint density at radius 1 is 1.13 bits per heavy atom. The largest absolute Gasteiger partial charge is 0.496 e. The van der Waals surface area contributed by atoms with Gasteiger partial charge in [-0.25, -0.2) is 4.39 Å². The Balaban J connectivity index is 2.53. The van der Waals surface area contributed by atoms with E-state index in [1.165, 1.54) is 19.2 Å². The standard InChI is InChI=1S/C12H10FNO/c1-15-12-8-10(13)2-3-11(12)9-4-6-14-7-5-9/h2-8H,1H3. The van der Waals surface area contributed by atoms with Crippen LogP contribution in [0, 0.1) is 5.82 Å². The van der Waals surface area contributed by atoms with Crippen molar-refractivity contribution < 1.29 is 9.13 Å². The van der Waals surface area contributed by atoms with Crippen molar-refractivity contribution >= 4 is 0 Å². The molecule has 0 aliphatic carbocycles. The van der Waals surface area contributed by atoms with Crippen molar-refractivity contribution in [1.29, 1.82) is 0 Å². The molecule has 0 bridgehead atoms. The van der Waals surface area contributed by atoms with E-state index in [0.29, 0.717) is 5.75 Å². The number of aromatic nitrogens is 1. The van der Waals surface area contributed by atoms with E-state index in [-0.39, 0.29) is 5.82 Å². The summed E-state index contributed by atoms with van der Waals surface area (Å²) in [6.45, 7) is 0. The highest BCUT2D eigenvalue weighted by Crippen LogP contribution is 2.29. The maximum atomic E-state index is 13.0. The molecule has 15 heavy (non-hydrogen) atoms. The summed E-state index contributed by atoms with van der Waals surface area (Å²) in [6.07, 6.45) is 3.39. The molecule has 0 saturated heterocycles. The SMILES string of the molecule is COc1cc(F)ccc1-c1ccncc1. The molecule has 0 amide bonds. The van der Waals surface area contributed by atoms with Gasteiger partial charge in [-0.05, 0) is 29.8 Å². The van der Waals surface area contributed by atoms with Gasteiger partial charge in [-0.3, -0.25) is 4.98 Å². The summed E-state index contributed by atoms with van der Waals surface area (Å²) >= 11 is 0. The molecule has 0 saturated carbocycles. The lowest BCUT2D eigenvalue weighted by Crippen LogP contribution is -1.89. The third kappa shape index (κ3) is 1.96. The van der Waals surface area contributed by atoms with Gasteiger partial charge < -0.3 is 4.74 Å². The van der Waals surface area contributed by atoms with Crippen molar-refractivity contribution in [2.45, 2.75) is 0 Å². The maximum absolute atomic E-state index is 13.0. The first kappa shape index (κ1) is 9.65. The van der Waals surface area contributed by atoms with Crippen molar-refractivity contribution in [3.05, 3.63) is 48.5 Å². The van der Waals surface area contributed by atoms with Gasteiger partial charge in [0.15, 0.2) is 0 Å². The minimum Gasteiger partial charge on any atom is -0.496 e. The minimum absolute atomic E-state index is 0.301. The van der Waals surface area contributed by atoms with Gasteiger partial charge in [-0.15, -0.1) is 0 Å². The van der Waals surface area contributed by atoms with Gasteiger partial charge in [0.2, 0.25) is 0 Å². The minimum atomic E-state index is -0.301. The average Bonchev–Trinajstić information content (AvgIpc) is 2.30. The Hall–Kier alpha value is -1.90. The summed E-state index contributed by atoms with van der Waals surface area (Å²) in [6, 6.07) is 8.20. The molecule has 0 atom stereocenters. The number of halogens is 1. The number of hydrogen-bond donors (Lipinski definition) is 0. The van der Waals surface area contributed by atoms with E-state index in [2.05, 4.69) is 4.98 Å². The molecule has 1 aromatic carbocycles. The van der Waals surface area contributed by atoms with Crippen molar-refractivity contribution in [1.82, 2.24) is 4.98 Å². The van der Waals surface area contributed by atoms with Crippen LogP contribution >= 0.6 is 0 Å². The maximum Gasteiger partial charge on any atom is 0.129 e. The first-order valence-corrected chi connectivity index (χ1v) is 4.55. The molecular formula is C12H10FNO. The molecule has 1 heterocycles. The van der Waals surface area contributed by atoms with Crippen LogP contribution in [0.15, 0.2) is 42.7 Å². The lowest BCUT2D eigenvalue weighted by molar-refractivity contribution is 0.413. The Bertz CT molecular complexity index is 456. The number of ether oxygens (including phenoxy) is 1. The second-order valence-corrected chi connectivity index (χ2v) is 3.08. The molecular weight excluding hydrogens is 193 g/mol. The van der Waals surface area contributed by atoms with Crippen molar-refractivity contribution in [2.75, 3.05) is 7.11 Å². The van der Waals surface area contributed by atoms with Gasteiger partial charge in [-0.2, -0.15) is 0 Å². The summed E-state index contributed by atoms with van der Waals surface area (Å²) < 4.78 is 18.1. The predicted molar refractivity (Wildman–Crippen MR) is 56.2 cm³/mol. The van der Waals surface area contributed by atoms with Gasteiger partial charge in [0, 0.05) is 24.0 Å². The third-order valence-corrected chi connectivity index (χ3v) is 2.15. The van der Waals surface area contributed by atoms with E-state index in [4.69, 9.17) is 4.74 Å². The molecule has 3 heteroatoms. The van der Waals surface area contributed by atoms with Gasteiger partial charge in [-0.1, -0.05) is 0 Å². The molecule has 0 unspecified atom stereocenters. The Kier molecular flexibility index (Phi) is 2.63. The van der Waals surface area contributed by atoms with Crippen LogP contribution in [0.2, 0.25) is 0 Å². The summed E-state index contributed by atoms with van der Waals surface area (Å²) in [4.78, 5) is 3.93. The van der Waals surface area contributed by atoms with Crippen molar-refractivity contribution in [3.63, 3.8) is 0 Å². The van der Waals surface area contributed by atoms with Crippen LogP contribution in [-0.2, 0) is 0 Å². The van der Waals surface area contributed by atoms with Crippen LogP contribution in [0.1, 0.15) is 0 Å². The predicted octanol–water partition coefficient (Wildman–Crippen LogP) is 2.90. The highest BCUT2D eigenvalue weighted by Gasteiger charge is 2.06. The fraction of sp³-hybridized carbons (Fsp3) is 0.0833. The highest BCUT2D eigenvalue weighted by atomic mass is 19.1. The van der Waals surface area contributed by atoms with Crippen LogP contribution in [-0.4, -0.2) is 12.1 Å². The van der Waals surface area contributed by atoms with Crippen LogP contribution in [0.4, 0.5) is 4.39 Å². The fourth-order valence-electron chi connectivity index (χ4n) is 1.44. The smallest absolute Gasteiger partial charge is 0.129 e. The molecule has 2 aromatic rings. The number of rotatable bonds is 2. The molecule has 0 spiro atoms. The molecule has 2 rings (SSSR count). The number of methoxy groups -OCH3 is 1. The van der Waals surface area contributed by atoms with Gasteiger partial charge in [0.1, 0.15) is 11.6 Å². The zero-order valence-corrected chi connectivity index (χ0v) is 8.27. The van der Waals surface area contributed by atoms with E-state index in [1.54, 1.807) is 18.5 Å². The van der Waals surface area contributed by atoms with Crippen LogP contribution < -0.4 is 4.74 Å². The summed E-state index contributed by atoms with van der Waals surface area (Å²) in [5, 5.41) is 0. The normalized spacial score (nSPS) is 10.0. The van der Waals surface area contributed by atoms with Crippen LogP contribution in [0.25, 0.3) is 11.1 Å². The van der Waals surface area contributed by atoms with E-state index < -0.39 is 0 Å². The lowest BCUT2D eigenvalue weighted by Gasteiger charge is -2.07. The monoisotopic (exact) mass is 203 g/mol.